The first-order valence-electron chi connectivity index (χ1n) is 8.24. The standard InChI is InChI=1S/C18H12Cl2N2O6S2/c1-27-15-4-9-7-28-18(24)8-2-11(19)16(23)14(3-8)30(25,26)22-12-5-13(29-17(12)20)10(9)6-21-15/h2-6,22-23H,7H2,1H3. The van der Waals surface area contributed by atoms with Crippen molar-refractivity contribution >= 4 is 56.2 Å². The van der Waals surface area contributed by atoms with Gasteiger partial charge in [0.25, 0.3) is 10.0 Å². The number of pyridine rings is 1. The highest BCUT2D eigenvalue weighted by Gasteiger charge is 2.27. The molecule has 1 aromatic carbocycles. The van der Waals surface area contributed by atoms with Gasteiger partial charge in [-0.25, -0.2) is 18.2 Å². The molecule has 0 spiro atoms. The minimum absolute atomic E-state index is 0.103. The van der Waals surface area contributed by atoms with Gasteiger partial charge in [-0.1, -0.05) is 23.2 Å². The van der Waals surface area contributed by atoms with Crippen LogP contribution in [-0.4, -0.2) is 31.6 Å². The lowest BCUT2D eigenvalue weighted by Gasteiger charge is -2.12. The van der Waals surface area contributed by atoms with Crippen molar-refractivity contribution in [3.05, 3.63) is 50.9 Å². The molecule has 0 unspecified atom stereocenters. The highest BCUT2D eigenvalue weighted by molar-refractivity contribution is 7.92. The van der Waals surface area contributed by atoms with Crippen LogP contribution in [0.5, 0.6) is 11.6 Å². The SMILES string of the molecule is COc1cc2c(cn1)-c1cc(c(Cl)s1)NS(=O)(=O)c1cc(cc(Cl)c1O)C(=O)OC2. The van der Waals surface area contributed by atoms with E-state index < -0.39 is 26.6 Å². The van der Waals surface area contributed by atoms with Crippen molar-refractivity contribution in [1.82, 2.24) is 4.98 Å². The number of ether oxygens (including phenoxy) is 2. The van der Waals surface area contributed by atoms with Crippen LogP contribution in [0.1, 0.15) is 15.9 Å². The minimum Gasteiger partial charge on any atom is -0.505 e. The van der Waals surface area contributed by atoms with Crippen LogP contribution in [0.4, 0.5) is 5.69 Å². The molecule has 4 rings (SSSR count). The van der Waals surface area contributed by atoms with Crippen LogP contribution < -0.4 is 9.46 Å². The van der Waals surface area contributed by atoms with E-state index in [0.29, 0.717) is 21.9 Å². The van der Waals surface area contributed by atoms with E-state index in [-0.39, 0.29) is 27.2 Å². The fourth-order valence-electron chi connectivity index (χ4n) is 2.82. The number of rotatable bonds is 1. The molecule has 30 heavy (non-hydrogen) atoms. The average Bonchev–Trinajstić information content (AvgIpc) is 3.06. The van der Waals surface area contributed by atoms with Gasteiger partial charge in [0, 0.05) is 28.3 Å². The highest BCUT2D eigenvalue weighted by atomic mass is 35.5. The number of nitrogens with zero attached hydrogens (tertiary/aromatic N) is 1. The summed E-state index contributed by atoms with van der Waals surface area (Å²) in [6, 6.07) is 5.24. The van der Waals surface area contributed by atoms with Crippen LogP contribution in [0, 0.1) is 0 Å². The van der Waals surface area contributed by atoms with E-state index in [9.17, 15) is 18.3 Å². The van der Waals surface area contributed by atoms with Gasteiger partial charge in [-0.3, -0.25) is 4.72 Å². The number of phenols is 1. The Morgan fingerprint density at radius 3 is 2.77 bits per heavy atom. The fourth-order valence-corrected chi connectivity index (χ4v) is 5.66. The summed E-state index contributed by atoms with van der Waals surface area (Å²) < 4.78 is 38.7. The molecule has 1 aliphatic rings. The molecule has 3 heterocycles. The first kappa shape index (κ1) is 20.7. The Morgan fingerprint density at radius 2 is 2.03 bits per heavy atom. The molecule has 2 N–H and O–H groups in total. The number of cyclic esters (lactones) is 1. The van der Waals surface area contributed by atoms with Gasteiger partial charge < -0.3 is 14.6 Å². The Kier molecular flexibility index (Phi) is 5.27. The molecule has 0 saturated carbocycles. The summed E-state index contributed by atoms with van der Waals surface area (Å²) in [5.41, 5.74) is 1.13. The second-order valence-corrected chi connectivity index (χ2v) is 9.88. The Labute approximate surface area is 185 Å². The normalized spacial score (nSPS) is 15.0. The number of hydrogen-bond acceptors (Lipinski definition) is 8. The Bertz CT molecular complexity index is 1290. The summed E-state index contributed by atoms with van der Waals surface area (Å²) in [6.45, 7) is -0.147. The van der Waals surface area contributed by atoms with E-state index in [0.717, 1.165) is 23.5 Å². The molecule has 0 saturated heterocycles. The van der Waals surface area contributed by atoms with Crippen LogP contribution in [0.3, 0.4) is 0 Å². The number of phenolic OH excluding ortho intramolecular Hbond substituents is 1. The first-order valence-corrected chi connectivity index (χ1v) is 11.3. The average molecular weight is 487 g/mol. The highest BCUT2D eigenvalue weighted by Crippen LogP contribution is 2.42. The molecule has 1 aliphatic heterocycles. The number of aromatic nitrogens is 1. The van der Waals surface area contributed by atoms with E-state index in [1.54, 1.807) is 6.07 Å². The number of carbonyl (C=O) groups is 1. The molecule has 0 atom stereocenters. The molecule has 4 bridgehead atoms. The third kappa shape index (κ3) is 3.67. The zero-order valence-corrected chi connectivity index (χ0v) is 18.2. The van der Waals surface area contributed by atoms with Gasteiger partial charge in [-0.05, 0) is 18.2 Å². The van der Waals surface area contributed by atoms with E-state index in [2.05, 4.69) is 9.71 Å². The predicted molar refractivity (Wildman–Crippen MR) is 112 cm³/mol. The van der Waals surface area contributed by atoms with Crippen LogP contribution in [0.2, 0.25) is 9.36 Å². The summed E-state index contributed by atoms with van der Waals surface area (Å²) >= 11 is 13.3. The summed E-state index contributed by atoms with van der Waals surface area (Å²) in [5, 5.41) is 9.86. The molecule has 0 radical (unpaired) electrons. The van der Waals surface area contributed by atoms with Gasteiger partial charge >= 0.3 is 5.97 Å². The maximum absolute atomic E-state index is 12.9. The molecule has 8 nitrogen and oxygen atoms in total. The Hall–Kier alpha value is -2.53. The van der Waals surface area contributed by atoms with Gasteiger partial charge in [0.1, 0.15) is 15.8 Å². The van der Waals surface area contributed by atoms with E-state index in [1.807, 2.05) is 0 Å². The number of carbonyl (C=O) groups excluding carboxylic acids is 1. The number of benzene rings is 1. The molecule has 12 heteroatoms. The van der Waals surface area contributed by atoms with Gasteiger partial charge in [0.2, 0.25) is 5.88 Å². The Balaban J connectivity index is 1.95. The maximum Gasteiger partial charge on any atom is 0.338 e. The molecule has 0 amide bonds. The molecule has 3 aromatic rings. The number of thiophene rings is 1. The van der Waals surface area contributed by atoms with Crippen LogP contribution in [-0.2, 0) is 21.4 Å². The molecular formula is C18H12Cl2N2O6S2. The third-order valence-electron chi connectivity index (χ3n) is 4.28. The van der Waals surface area contributed by atoms with Crippen molar-refractivity contribution in [3.63, 3.8) is 0 Å². The lowest BCUT2D eigenvalue weighted by molar-refractivity contribution is 0.0472. The van der Waals surface area contributed by atoms with E-state index in [1.165, 1.54) is 19.4 Å². The topological polar surface area (TPSA) is 115 Å². The Morgan fingerprint density at radius 1 is 1.27 bits per heavy atom. The van der Waals surface area contributed by atoms with Crippen molar-refractivity contribution in [2.75, 3.05) is 11.8 Å². The lowest BCUT2D eigenvalue weighted by atomic mass is 10.1. The molecule has 0 fully saturated rings. The van der Waals surface area contributed by atoms with Crippen LogP contribution in [0.15, 0.2) is 35.4 Å². The monoisotopic (exact) mass is 486 g/mol. The number of nitrogens with one attached hydrogen (secondary N) is 1. The summed E-state index contributed by atoms with van der Waals surface area (Å²) in [4.78, 5) is 16.7. The van der Waals surface area contributed by atoms with Gasteiger partial charge in [0.05, 0.1) is 23.4 Å². The first-order chi connectivity index (χ1) is 14.2. The van der Waals surface area contributed by atoms with Gasteiger partial charge in [-0.2, -0.15) is 0 Å². The van der Waals surface area contributed by atoms with E-state index in [4.69, 9.17) is 32.7 Å². The number of aromatic hydroxyl groups is 1. The summed E-state index contributed by atoms with van der Waals surface area (Å²) in [7, 11) is -2.87. The number of hydrogen-bond donors (Lipinski definition) is 2. The smallest absolute Gasteiger partial charge is 0.338 e. The lowest BCUT2D eigenvalue weighted by Crippen LogP contribution is -2.14. The van der Waals surface area contributed by atoms with Crippen molar-refractivity contribution in [2.24, 2.45) is 0 Å². The quantitative estimate of drug-likeness (QED) is 0.492. The largest absolute Gasteiger partial charge is 0.505 e. The fraction of sp³-hybridized carbons (Fsp3) is 0.111. The number of methoxy groups -OCH3 is 1. The maximum atomic E-state index is 12.9. The van der Waals surface area contributed by atoms with Crippen molar-refractivity contribution in [3.8, 4) is 22.1 Å². The molecule has 156 valence electrons. The zero-order valence-electron chi connectivity index (χ0n) is 15.1. The van der Waals surface area contributed by atoms with E-state index >= 15 is 0 Å². The third-order valence-corrected chi connectivity index (χ3v) is 7.34. The van der Waals surface area contributed by atoms with Crippen molar-refractivity contribution in [2.45, 2.75) is 11.5 Å². The number of esters is 1. The van der Waals surface area contributed by atoms with Crippen LogP contribution in [0.25, 0.3) is 10.4 Å². The number of anilines is 1. The summed E-state index contributed by atoms with van der Waals surface area (Å²) in [6.07, 6.45) is 1.52. The second kappa shape index (κ2) is 7.62. The van der Waals surface area contributed by atoms with Crippen molar-refractivity contribution < 1.29 is 27.8 Å². The zero-order chi connectivity index (χ0) is 21.6. The second-order valence-electron chi connectivity index (χ2n) is 6.17. The molecular weight excluding hydrogens is 475 g/mol. The van der Waals surface area contributed by atoms with Gasteiger partial charge in [-0.15, -0.1) is 11.3 Å². The predicted octanol–water partition coefficient (Wildman–Crippen LogP) is 4.30. The molecule has 2 aromatic heterocycles. The number of sulfonamides is 1. The van der Waals surface area contributed by atoms with Crippen LogP contribution >= 0.6 is 34.5 Å². The number of fused-ring (bicyclic) bond motifs is 6. The van der Waals surface area contributed by atoms with Crippen molar-refractivity contribution in [1.29, 1.82) is 0 Å². The van der Waals surface area contributed by atoms with Gasteiger partial charge in [0.15, 0.2) is 5.75 Å². The summed E-state index contributed by atoms with van der Waals surface area (Å²) in [5.74, 6) is -1.20. The minimum atomic E-state index is -4.32. The molecule has 0 aliphatic carbocycles. The number of halogens is 2.